The Bertz CT molecular complexity index is 595. The van der Waals surface area contributed by atoms with E-state index in [1.54, 1.807) is 17.0 Å². The topological polar surface area (TPSA) is 75.9 Å². The molecule has 2 rings (SSSR count). The van der Waals surface area contributed by atoms with E-state index in [9.17, 15) is 14.9 Å². The number of hydrogen-bond acceptors (Lipinski definition) is 5. The largest absolute Gasteiger partial charge is 0.444 e. The lowest BCUT2D eigenvalue weighted by Gasteiger charge is -2.40. The maximum atomic E-state index is 12.2. The van der Waals surface area contributed by atoms with Crippen molar-refractivity contribution in [3.63, 3.8) is 0 Å². The van der Waals surface area contributed by atoms with Gasteiger partial charge in [0.05, 0.1) is 4.92 Å². The molecule has 1 aromatic carbocycles. The zero-order valence-corrected chi connectivity index (χ0v) is 14.7. The van der Waals surface area contributed by atoms with Crippen LogP contribution >= 0.6 is 0 Å². The van der Waals surface area contributed by atoms with Gasteiger partial charge in [0.2, 0.25) is 0 Å². The van der Waals surface area contributed by atoms with E-state index >= 15 is 0 Å². The van der Waals surface area contributed by atoms with Gasteiger partial charge in [0, 0.05) is 44.4 Å². The molecule has 7 nitrogen and oxygen atoms in total. The average molecular weight is 335 g/mol. The van der Waals surface area contributed by atoms with Crippen molar-refractivity contribution in [2.75, 3.05) is 19.6 Å². The third-order valence-corrected chi connectivity index (χ3v) is 3.89. The smallest absolute Gasteiger partial charge is 0.410 e. The number of non-ortho nitro benzene ring substituents is 1. The number of piperazine rings is 1. The molecule has 132 valence electrons. The first-order valence-electron chi connectivity index (χ1n) is 8.11. The second-order valence-corrected chi connectivity index (χ2v) is 7.18. The maximum absolute atomic E-state index is 12.2. The SMILES string of the molecule is C[C@@H]1CN(Cc2ccc([N+](=O)[O-])cc2)CCN1C(=O)OC(C)(C)C. The van der Waals surface area contributed by atoms with Gasteiger partial charge in [-0.2, -0.15) is 0 Å². The molecule has 0 N–H and O–H groups in total. The Morgan fingerprint density at radius 3 is 2.42 bits per heavy atom. The Balaban J connectivity index is 1.91. The number of hydrogen-bond donors (Lipinski definition) is 0. The van der Waals surface area contributed by atoms with E-state index in [4.69, 9.17) is 4.74 Å². The second-order valence-electron chi connectivity index (χ2n) is 7.18. The molecule has 1 heterocycles. The first-order chi connectivity index (χ1) is 11.2. The summed E-state index contributed by atoms with van der Waals surface area (Å²) in [7, 11) is 0. The van der Waals surface area contributed by atoms with Crippen molar-refractivity contribution in [1.29, 1.82) is 0 Å². The number of rotatable bonds is 3. The summed E-state index contributed by atoms with van der Waals surface area (Å²) in [6, 6.07) is 6.67. The predicted octanol–water partition coefficient (Wildman–Crippen LogP) is 3.04. The minimum atomic E-state index is -0.493. The molecule has 1 aromatic rings. The van der Waals surface area contributed by atoms with Crippen LogP contribution in [0, 0.1) is 10.1 Å². The Labute approximate surface area is 142 Å². The van der Waals surface area contributed by atoms with Crippen LogP contribution < -0.4 is 0 Å². The van der Waals surface area contributed by atoms with Crippen LogP contribution in [0.5, 0.6) is 0 Å². The fourth-order valence-electron chi connectivity index (χ4n) is 2.75. The van der Waals surface area contributed by atoms with Gasteiger partial charge in [-0.25, -0.2) is 4.79 Å². The fourth-order valence-corrected chi connectivity index (χ4v) is 2.75. The summed E-state index contributed by atoms with van der Waals surface area (Å²) < 4.78 is 5.44. The second kappa shape index (κ2) is 7.17. The molecular weight excluding hydrogens is 310 g/mol. The summed E-state index contributed by atoms with van der Waals surface area (Å²) in [4.78, 5) is 26.5. The van der Waals surface area contributed by atoms with E-state index < -0.39 is 10.5 Å². The molecule has 0 aliphatic carbocycles. The van der Waals surface area contributed by atoms with Crippen LogP contribution in [0.25, 0.3) is 0 Å². The third-order valence-electron chi connectivity index (χ3n) is 3.89. The van der Waals surface area contributed by atoms with Gasteiger partial charge in [-0.1, -0.05) is 12.1 Å². The molecule has 1 aliphatic heterocycles. The first-order valence-corrected chi connectivity index (χ1v) is 8.11. The van der Waals surface area contributed by atoms with E-state index in [1.165, 1.54) is 12.1 Å². The van der Waals surface area contributed by atoms with Crippen molar-refractivity contribution in [1.82, 2.24) is 9.80 Å². The van der Waals surface area contributed by atoms with Gasteiger partial charge in [0.25, 0.3) is 5.69 Å². The van der Waals surface area contributed by atoms with Gasteiger partial charge < -0.3 is 9.64 Å². The van der Waals surface area contributed by atoms with Crippen LogP contribution in [0.3, 0.4) is 0 Å². The van der Waals surface area contributed by atoms with Crippen LogP contribution in [-0.4, -0.2) is 52.1 Å². The molecule has 1 fully saturated rings. The van der Waals surface area contributed by atoms with E-state index in [-0.39, 0.29) is 17.8 Å². The first kappa shape index (κ1) is 18.2. The molecule has 1 atom stereocenters. The Hall–Kier alpha value is -2.15. The normalized spacial score (nSPS) is 19.2. The standard InChI is InChI=1S/C17H25N3O4/c1-13-11-18(9-10-19(13)16(21)24-17(2,3)4)12-14-5-7-15(8-6-14)20(22)23/h5-8,13H,9-12H2,1-4H3/t13-/m1/s1. The van der Waals surface area contributed by atoms with Crippen LogP contribution in [-0.2, 0) is 11.3 Å². The van der Waals surface area contributed by atoms with Crippen molar-refractivity contribution in [3.05, 3.63) is 39.9 Å². The molecule has 0 bridgehead atoms. The summed E-state index contributed by atoms with van der Waals surface area (Å²) in [5.41, 5.74) is 0.632. The van der Waals surface area contributed by atoms with E-state index in [0.29, 0.717) is 13.1 Å². The van der Waals surface area contributed by atoms with Crippen LogP contribution in [0.1, 0.15) is 33.3 Å². The molecule has 0 aromatic heterocycles. The fraction of sp³-hybridized carbons (Fsp3) is 0.588. The number of amides is 1. The van der Waals surface area contributed by atoms with Crippen molar-refractivity contribution in [3.8, 4) is 0 Å². The summed E-state index contributed by atoms with van der Waals surface area (Å²) in [5, 5.41) is 10.7. The van der Waals surface area contributed by atoms with Crippen molar-refractivity contribution in [2.45, 2.75) is 45.9 Å². The lowest BCUT2D eigenvalue weighted by Crippen LogP contribution is -2.54. The molecule has 0 radical (unpaired) electrons. The highest BCUT2D eigenvalue weighted by atomic mass is 16.6. The molecule has 24 heavy (non-hydrogen) atoms. The summed E-state index contributed by atoms with van der Waals surface area (Å²) in [6.07, 6.45) is -0.273. The van der Waals surface area contributed by atoms with Crippen molar-refractivity contribution >= 4 is 11.8 Å². The van der Waals surface area contributed by atoms with Gasteiger partial charge in [-0.15, -0.1) is 0 Å². The van der Waals surface area contributed by atoms with Crippen molar-refractivity contribution in [2.24, 2.45) is 0 Å². The average Bonchev–Trinajstić information content (AvgIpc) is 2.46. The summed E-state index contributed by atoms with van der Waals surface area (Å²) >= 11 is 0. The number of carbonyl (C=O) groups excluding carboxylic acids is 1. The minimum Gasteiger partial charge on any atom is -0.444 e. The maximum Gasteiger partial charge on any atom is 0.410 e. The van der Waals surface area contributed by atoms with E-state index in [2.05, 4.69) is 4.90 Å². The molecule has 0 saturated carbocycles. The van der Waals surface area contributed by atoms with Crippen LogP contribution in [0.4, 0.5) is 10.5 Å². The van der Waals surface area contributed by atoms with E-state index in [0.717, 1.165) is 18.7 Å². The van der Waals surface area contributed by atoms with Gasteiger partial charge >= 0.3 is 6.09 Å². The number of nitro benzene ring substituents is 1. The van der Waals surface area contributed by atoms with Gasteiger partial charge in [-0.05, 0) is 33.3 Å². The number of ether oxygens (including phenoxy) is 1. The Morgan fingerprint density at radius 2 is 1.92 bits per heavy atom. The third kappa shape index (κ3) is 4.92. The Morgan fingerprint density at radius 1 is 1.29 bits per heavy atom. The molecule has 1 amide bonds. The molecule has 1 saturated heterocycles. The quantitative estimate of drug-likeness (QED) is 0.627. The predicted molar refractivity (Wildman–Crippen MR) is 90.8 cm³/mol. The molecule has 1 aliphatic rings. The van der Waals surface area contributed by atoms with E-state index in [1.807, 2.05) is 27.7 Å². The van der Waals surface area contributed by atoms with Gasteiger partial charge in [-0.3, -0.25) is 15.0 Å². The van der Waals surface area contributed by atoms with Crippen LogP contribution in [0.15, 0.2) is 24.3 Å². The lowest BCUT2D eigenvalue weighted by molar-refractivity contribution is -0.384. The minimum absolute atomic E-state index is 0.0617. The number of nitro groups is 1. The highest BCUT2D eigenvalue weighted by molar-refractivity contribution is 5.68. The number of benzene rings is 1. The summed E-state index contributed by atoms with van der Waals surface area (Å²) in [5.74, 6) is 0. The zero-order chi connectivity index (χ0) is 17.9. The molecule has 0 spiro atoms. The monoisotopic (exact) mass is 335 g/mol. The number of nitrogens with zero attached hydrogens (tertiary/aromatic N) is 3. The lowest BCUT2D eigenvalue weighted by atomic mass is 10.1. The Kier molecular flexibility index (Phi) is 5.43. The zero-order valence-electron chi connectivity index (χ0n) is 14.7. The van der Waals surface area contributed by atoms with Crippen LogP contribution in [0.2, 0.25) is 0 Å². The molecule has 0 unspecified atom stereocenters. The number of carbonyl (C=O) groups is 1. The van der Waals surface area contributed by atoms with Gasteiger partial charge in [0.15, 0.2) is 0 Å². The van der Waals surface area contributed by atoms with Crippen molar-refractivity contribution < 1.29 is 14.5 Å². The molecule has 7 heteroatoms. The molecular formula is C17H25N3O4. The highest BCUT2D eigenvalue weighted by Crippen LogP contribution is 2.18. The highest BCUT2D eigenvalue weighted by Gasteiger charge is 2.30. The summed E-state index contributed by atoms with van der Waals surface area (Å²) in [6.45, 7) is 10.4. The van der Waals surface area contributed by atoms with Gasteiger partial charge in [0.1, 0.15) is 5.60 Å².